The average molecular weight is 271 g/mol. The van der Waals surface area contributed by atoms with Crippen LogP contribution in [0.1, 0.15) is 17.9 Å². The number of fused-ring (bicyclic) bond motifs is 1. The molecular formula is C15H11F2N3. The molecule has 2 aromatic heterocycles. The molecule has 0 aliphatic heterocycles. The van der Waals surface area contributed by atoms with Crippen LogP contribution >= 0.6 is 0 Å². The summed E-state index contributed by atoms with van der Waals surface area (Å²) in [7, 11) is 0. The fourth-order valence-electron chi connectivity index (χ4n) is 2.49. The molecule has 1 fully saturated rings. The molecule has 0 radical (unpaired) electrons. The summed E-state index contributed by atoms with van der Waals surface area (Å²) in [6.07, 6.45) is 3.49. The Morgan fingerprint density at radius 2 is 1.85 bits per heavy atom. The summed E-state index contributed by atoms with van der Waals surface area (Å²) in [5.74, 6) is -3.11. The Hall–Kier alpha value is -2.30. The molecule has 1 unspecified atom stereocenters. The Labute approximate surface area is 113 Å². The SMILES string of the molecule is FC1(F)CC1c1ccc(-c2ccn3nncc3c2)cc1. The predicted octanol–water partition coefficient (Wildman–Crippen LogP) is 3.52. The molecule has 0 spiro atoms. The van der Waals surface area contributed by atoms with Gasteiger partial charge in [0.1, 0.15) is 0 Å². The summed E-state index contributed by atoms with van der Waals surface area (Å²) in [5.41, 5.74) is 3.64. The van der Waals surface area contributed by atoms with Crippen LogP contribution in [0.15, 0.2) is 48.8 Å². The second-order valence-electron chi connectivity index (χ2n) is 5.16. The van der Waals surface area contributed by atoms with Gasteiger partial charge in [0.15, 0.2) is 0 Å². The van der Waals surface area contributed by atoms with Crippen molar-refractivity contribution in [2.45, 2.75) is 18.3 Å². The summed E-state index contributed by atoms with van der Waals surface area (Å²) in [6, 6.07) is 11.3. The minimum atomic E-state index is -2.51. The lowest BCUT2D eigenvalue weighted by Crippen LogP contribution is -1.92. The lowest BCUT2D eigenvalue weighted by atomic mass is 10.0. The summed E-state index contributed by atoms with van der Waals surface area (Å²) in [6.45, 7) is 0. The van der Waals surface area contributed by atoms with Crippen LogP contribution in [0.5, 0.6) is 0 Å². The summed E-state index contributed by atoms with van der Waals surface area (Å²) >= 11 is 0. The van der Waals surface area contributed by atoms with E-state index in [0.717, 1.165) is 16.6 Å². The average Bonchev–Trinajstić information content (AvgIpc) is 2.88. The van der Waals surface area contributed by atoms with E-state index >= 15 is 0 Å². The Balaban J connectivity index is 1.68. The third-order valence-electron chi connectivity index (χ3n) is 3.77. The highest BCUT2D eigenvalue weighted by molar-refractivity contribution is 5.68. The number of benzene rings is 1. The molecule has 0 amide bonds. The van der Waals surface area contributed by atoms with Crippen LogP contribution in [-0.4, -0.2) is 20.7 Å². The zero-order valence-electron chi connectivity index (χ0n) is 10.5. The first kappa shape index (κ1) is 11.5. The van der Waals surface area contributed by atoms with Gasteiger partial charge in [-0.3, -0.25) is 0 Å². The fourth-order valence-corrected chi connectivity index (χ4v) is 2.49. The zero-order chi connectivity index (χ0) is 13.7. The van der Waals surface area contributed by atoms with Gasteiger partial charge in [-0.05, 0) is 28.8 Å². The molecule has 2 heterocycles. The van der Waals surface area contributed by atoms with Gasteiger partial charge < -0.3 is 0 Å². The number of hydrogen-bond acceptors (Lipinski definition) is 2. The maximum Gasteiger partial charge on any atom is 0.255 e. The number of nitrogens with zero attached hydrogens (tertiary/aromatic N) is 3. The summed E-state index contributed by atoms with van der Waals surface area (Å²) in [5, 5.41) is 7.73. The van der Waals surface area contributed by atoms with Gasteiger partial charge in [0.2, 0.25) is 0 Å². The second kappa shape index (κ2) is 3.85. The number of halogens is 2. The number of pyridine rings is 1. The highest BCUT2D eigenvalue weighted by Crippen LogP contribution is 2.55. The predicted molar refractivity (Wildman–Crippen MR) is 70.7 cm³/mol. The number of rotatable bonds is 2. The lowest BCUT2D eigenvalue weighted by Gasteiger charge is -2.04. The summed E-state index contributed by atoms with van der Waals surface area (Å²) < 4.78 is 27.7. The van der Waals surface area contributed by atoms with Crippen molar-refractivity contribution in [1.29, 1.82) is 0 Å². The van der Waals surface area contributed by atoms with Crippen LogP contribution in [0, 0.1) is 0 Å². The van der Waals surface area contributed by atoms with Crippen molar-refractivity contribution in [2.24, 2.45) is 0 Å². The molecule has 100 valence electrons. The molecule has 3 nitrogen and oxygen atoms in total. The van der Waals surface area contributed by atoms with Crippen molar-refractivity contribution in [3.63, 3.8) is 0 Å². The first-order chi connectivity index (χ1) is 9.63. The summed E-state index contributed by atoms with van der Waals surface area (Å²) in [4.78, 5) is 0. The van der Waals surface area contributed by atoms with Crippen LogP contribution in [0.2, 0.25) is 0 Å². The van der Waals surface area contributed by atoms with E-state index in [1.807, 2.05) is 30.5 Å². The molecule has 1 aromatic carbocycles. The zero-order valence-corrected chi connectivity index (χ0v) is 10.5. The van der Waals surface area contributed by atoms with Crippen LogP contribution in [0.4, 0.5) is 8.78 Å². The minimum absolute atomic E-state index is 0.0280. The van der Waals surface area contributed by atoms with E-state index in [2.05, 4.69) is 10.3 Å². The highest BCUT2D eigenvalue weighted by atomic mass is 19.3. The number of hydrogen-bond donors (Lipinski definition) is 0. The first-order valence-electron chi connectivity index (χ1n) is 6.42. The third kappa shape index (κ3) is 1.78. The third-order valence-corrected chi connectivity index (χ3v) is 3.77. The molecule has 1 aliphatic carbocycles. The van der Waals surface area contributed by atoms with Crippen molar-refractivity contribution >= 4 is 5.52 Å². The van der Waals surface area contributed by atoms with E-state index in [-0.39, 0.29) is 6.42 Å². The molecule has 0 bridgehead atoms. The Morgan fingerprint density at radius 1 is 1.10 bits per heavy atom. The van der Waals surface area contributed by atoms with Crippen molar-refractivity contribution in [3.8, 4) is 11.1 Å². The second-order valence-corrected chi connectivity index (χ2v) is 5.16. The van der Waals surface area contributed by atoms with E-state index in [4.69, 9.17) is 0 Å². The Bertz CT molecular complexity index is 777. The van der Waals surface area contributed by atoms with Gasteiger partial charge in [0.25, 0.3) is 5.92 Å². The normalized spacial score (nSPS) is 20.2. The molecule has 4 rings (SSSR count). The van der Waals surface area contributed by atoms with Crippen LogP contribution in [0.25, 0.3) is 16.6 Å². The van der Waals surface area contributed by atoms with Gasteiger partial charge in [-0.1, -0.05) is 29.5 Å². The number of alkyl halides is 2. The van der Waals surface area contributed by atoms with Gasteiger partial charge in [-0.2, -0.15) is 0 Å². The van der Waals surface area contributed by atoms with Gasteiger partial charge in [0, 0.05) is 12.6 Å². The first-order valence-corrected chi connectivity index (χ1v) is 6.42. The molecular weight excluding hydrogens is 260 g/mol. The van der Waals surface area contributed by atoms with Crippen molar-refractivity contribution < 1.29 is 8.78 Å². The molecule has 0 saturated heterocycles. The molecule has 1 saturated carbocycles. The maximum atomic E-state index is 13.0. The Kier molecular flexibility index (Phi) is 2.22. The van der Waals surface area contributed by atoms with Crippen molar-refractivity contribution in [2.75, 3.05) is 0 Å². The minimum Gasteiger partial charge on any atom is -0.221 e. The lowest BCUT2D eigenvalue weighted by molar-refractivity contribution is 0.112. The topological polar surface area (TPSA) is 30.2 Å². The van der Waals surface area contributed by atoms with E-state index in [1.165, 1.54) is 0 Å². The quantitative estimate of drug-likeness (QED) is 0.714. The molecule has 1 aliphatic rings. The molecule has 20 heavy (non-hydrogen) atoms. The molecule has 0 N–H and O–H groups in total. The smallest absolute Gasteiger partial charge is 0.221 e. The van der Waals surface area contributed by atoms with Crippen molar-refractivity contribution in [3.05, 3.63) is 54.4 Å². The van der Waals surface area contributed by atoms with Gasteiger partial charge in [-0.25, -0.2) is 13.3 Å². The molecule has 3 aromatic rings. The van der Waals surface area contributed by atoms with E-state index in [9.17, 15) is 8.78 Å². The van der Waals surface area contributed by atoms with Gasteiger partial charge in [0.05, 0.1) is 17.6 Å². The number of aromatic nitrogens is 3. The molecule has 1 atom stereocenters. The van der Waals surface area contributed by atoms with Gasteiger partial charge in [-0.15, -0.1) is 5.10 Å². The Morgan fingerprint density at radius 3 is 2.55 bits per heavy atom. The maximum absolute atomic E-state index is 13.0. The van der Waals surface area contributed by atoms with Crippen LogP contribution in [0.3, 0.4) is 0 Å². The van der Waals surface area contributed by atoms with E-state index in [0.29, 0.717) is 5.56 Å². The largest absolute Gasteiger partial charge is 0.255 e. The standard InChI is InChI=1S/C15H11F2N3/c16-15(17)8-14(15)11-3-1-10(2-4-11)12-5-6-20-13(7-12)9-18-19-20/h1-7,9,14H,8H2. The van der Waals surface area contributed by atoms with E-state index in [1.54, 1.807) is 22.8 Å². The molecule has 5 heteroatoms. The van der Waals surface area contributed by atoms with E-state index < -0.39 is 11.8 Å². The van der Waals surface area contributed by atoms with Crippen molar-refractivity contribution in [1.82, 2.24) is 14.8 Å². The highest BCUT2D eigenvalue weighted by Gasteiger charge is 2.57. The fraction of sp³-hybridized carbons (Fsp3) is 0.200. The van der Waals surface area contributed by atoms with Crippen LogP contribution in [-0.2, 0) is 0 Å². The van der Waals surface area contributed by atoms with Crippen LogP contribution < -0.4 is 0 Å². The van der Waals surface area contributed by atoms with Gasteiger partial charge >= 0.3 is 0 Å². The monoisotopic (exact) mass is 271 g/mol.